The van der Waals surface area contributed by atoms with Crippen LogP contribution in [-0.2, 0) is 10.5 Å². The Balaban J connectivity index is 2.42. The molecular weight excluding hydrogens is 204 g/mol. The molecule has 0 aromatic heterocycles. The van der Waals surface area contributed by atoms with E-state index in [2.05, 4.69) is 10.6 Å². The summed E-state index contributed by atoms with van der Waals surface area (Å²) in [6, 6.07) is 7.50. The van der Waals surface area contributed by atoms with Crippen LogP contribution in [0.5, 0.6) is 0 Å². The third-order valence-corrected chi connectivity index (χ3v) is 2.96. The van der Waals surface area contributed by atoms with Crippen molar-refractivity contribution in [1.29, 1.82) is 0 Å². The van der Waals surface area contributed by atoms with Crippen LogP contribution < -0.4 is 10.6 Å². The van der Waals surface area contributed by atoms with Gasteiger partial charge < -0.3 is 10.1 Å². The molecule has 2 rings (SSSR count). The van der Waals surface area contributed by atoms with Gasteiger partial charge in [0, 0.05) is 37.9 Å². The molecule has 0 unspecified atom stereocenters. The largest absolute Gasteiger partial charge is 0.358 e. The summed E-state index contributed by atoms with van der Waals surface area (Å²) in [5.74, 6) is 0. The lowest BCUT2D eigenvalue weighted by molar-refractivity contribution is -0.0539. The van der Waals surface area contributed by atoms with Crippen LogP contribution >= 0.6 is 0 Å². The molecule has 0 bridgehead atoms. The lowest BCUT2D eigenvalue weighted by Crippen LogP contribution is -2.58. The van der Waals surface area contributed by atoms with E-state index < -0.39 is 5.72 Å². The van der Waals surface area contributed by atoms with Crippen molar-refractivity contribution in [2.45, 2.75) is 5.72 Å². The standard InChI is InChI=1S/C12H16N2O2/c1-16-12(9-13-6-7-14-12)11-5-3-2-4-10(11)8-15/h2-5,8,13-14H,6-7,9H2,1H3/t12-/m1/s1. The van der Waals surface area contributed by atoms with Crippen LogP contribution in [0, 0.1) is 0 Å². The van der Waals surface area contributed by atoms with Crippen LogP contribution in [-0.4, -0.2) is 33.0 Å². The van der Waals surface area contributed by atoms with E-state index in [1.165, 1.54) is 0 Å². The van der Waals surface area contributed by atoms with Crippen molar-refractivity contribution in [3.63, 3.8) is 0 Å². The maximum absolute atomic E-state index is 11.0. The second-order valence-electron chi connectivity index (χ2n) is 3.84. The van der Waals surface area contributed by atoms with Crippen molar-refractivity contribution in [3.8, 4) is 0 Å². The molecule has 1 saturated heterocycles. The summed E-state index contributed by atoms with van der Waals surface area (Å²) in [6.45, 7) is 2.39. The van der Waals surface area contributed by atoms with Crippen LogP contribution in [0.15, 0.2) is 24.3 Å². The molecule has 16 heavy (non-hydrogen) atoms. The Labute approximate surface area is 95.0 Å². The fourth-order valence-electron chi connectivity index (χ4n) is 2.09. The van der Waals surface area contributed by atoms with Crippen molar-refractivity contribution in [3.05, 3.63) is 35.4 Å². The number of aldehydes is 1. The van der Waals surface area contributed by atoms with Crippen molar-refractivity contribution in [1.82, 2.24) is 10.6 Å². The Morgan fingerprint density at radius 3 is 2.81 bits per heavy atom. The molecule has 0 aliphatic carbocycles. The van der Waals surface area contributed by atoms with E-state index in [4.69, 9.17) is 4.74 Å². The zero-order chi connectivity index (χ0) is 11.4. The Morgan fingerprint density at radius 2 is 2.19 bits per heavy atom. The zero-order valence-corrected chi connectivity index (χ0v) is 9.32. The molecule has 86 valence electrons. The summed E-state index contributed by atoms with van der Waals surface area (Å²) in [7, 11) is 1.65. The van der Waals surface area contributed by atoms with E-state index in [0.29, 0.717) is 12.1 Å². The fourth-order valence-corrected chi connectivity index (χ4v) is 2.09. The first-order valence-corrected chi connectivity index (χ1v) is 5.38. The van der Waals surface area contributed by atoms with E-state index in [1.807, 2.05) is 18.2 Å². The molecule has 1 aromatic rings. The van der Waals surface area contributed by atoms with Gasteiger partial charge in [-0.15, -0.1) is 0 Å². The minimum Gasteiger partial charge on any atom is -0.358 e. The van der Waals surface area contributed by atoms with E-state index in [9.17, 15) is 4.79 Å². The predicted octanol–water partition coefficient (Wildman–Crippen LogP) is 0.491. The third-order valence-electron chi connectivity index (χ3n) is 2.96. The summed E-state index contributed by atoms with van der Waals surface area (Å²) in [6.07, 6.45) is 0.867. The average molecular weight is 220 g/mol. The number of piperazine rings is 1. The SMILES string of the molecule is CO[C@@]1(c2ccccc2C=O)CNCCN1. The summed E-state index contributed by atoms with van der Waals surface area (Å²) in [4.78, 5) is 11.0. The molecule has 1 aliphatic rings. The molecule has 0 saturated carbocycles. The van der Waals surface area contributed by atoms with E-state index in [1.54, 1.807) is 13.2 Å². The zero-order valence-electron chi connectivity index (χ0n) is 9.32. The Kier molecular flexibility index (Phi) is 3.33. The van der Waals surface area contributed by atoms with Gasteiger partial charge in [0.1, 0.15) is 6.29 Å². The minimum absolute atomic E-state index is 0.588. The molecule has 1 atom stereocenters. The van der Waals surface area contributed by atoms with Gasteiger partial charge >= 0.3 is 0 Å². The molecule has 0 spiro atoms. The monoisotopic (exact) mass is 220 g/mol. The van der Waals surface area contributed by atoms with Gasteiger partial charge in [-0.05, 0) is 0 Å². The number of ether oxygens (including phenoxy) is 1. The van der Waals surface area contributed by atoms with Crippen LogP contribution in [0.3, 0.4) is 0 Å². The highest BCUT2D eigenvalue weighted by atomic mass is 16.5. The van der Waals surface area contributed by atoms with Gasteiger partial charge in [0.2, 0.25) is 0 Å². The number of hydrogen-bond donors (Lipinski definition) is 2. The summed E-state index contributed by atoms with van der Waals surface area (Å²) in [5, 5.41) is 6.60. The van der Waals surface area contributed by atoms with Gasteiger partial charge in [0.05, 0.1) is 0 Å². The topological polar surface area (TPSA) is 50.4 Å². The maximum atomic E-state index is 11.0. The summed E-state index contributed by atoms with van der Waals surface area (Å²) in [5.41, 5.74) is 0.968. The van der Waals surface area contributed by atoms with Gasteiger partial charge in [0.15, 0.2) is 5.72 Å². The fraction of sp³-hybridized carbons (Fsp3) is 0.417. The second-order valence-corrected chi connectivity index (χ2v) is 3.84. The van der Waals surface area contributed by atoms with Crippen LogP contribution in [0.4, 0.5) is 0 Å². The predicted molar refractivity (Wildman–Crippen MR) is 61.4 cm³/mol. The van der Waals surface area contributed by atoms with Crippen molar-refractivity contribution in [2.24, 2.45) is 0 Å². The number of carbonyl (C=O) groups is 1. The highest BCUT2D eigenvalue weighted by molar-refractivity contribution is 5.77. The van der Waals surface area contributed by atoms with Crippen LogP contribution in [0.1, 0.15) is 15.9 Å². The first-order valence-electron chi connectivity index (χ1n) is 5.38. The van der Waals surface area contributed by atoms with Crippen molar-refractivity contribution >= 4 is 6.29 Å². The van der Waals surface area contributed by atoms with Gasteiger partial charge in [-0.3, -0.25) is 10.1 Å². The van der Waals surface area contributed by atoms with Crippen LogP contribution in [0.2, 0.25) is 0 Å². The molecule has 4 nitrogen and oxygen atoms in total. The second kappa shape index (κ2) is 4.74. The van der Waals surface area contributed by atoms with Gasteiger partial charge in [-0.2, -0.15) is 0 Å². The van der Waals surface area contributed by atoms with E-state index >= 15 is 0 Å². The number of methoxy groups -OCH3 is 1. The molecule has 0 radical (unpaired) electrons. The molecular formula is C12H16N2O2. The quantitative estimate of drug-likeness (QED) is 0.728. The third kappa shape index (κ3) is 1.87. The Hall–Kier alpha value is -1.23. The van der Waals surface area contributed by atoms with E-state index in [0.717, 1.165) is 24.9 Å². The smallest absolute Gasteiger partial charge is 0.158 e. The molecule has 1 heterocycles. The Morgan fingerprint density at radius 1 is 1.38 bits per heavy atom. The summed E-state index contributed by atoms with van der Waals surface area (Å²) < 4.78 is 5.57. The summed E-state index contributed by atoms with van der Waals surface area (Å²) >= 11 is 0. The highest BCUT2D eigenvalue weighted by Gasteiger charge is 2.35. The molecule has 2 N–H and O–H groups in total. The van der Waals surface area contributed by atoms with Crippen LogP contribution in [0.25, 0.3) is 0 Å². The molecule has 4 heteroatoms. The number of nitrogens with one attached hydrogen (secondary N) is 2. The number of carbonyl (C=O) groups excluding carboxylic acids is 1. The lowest BCUT2D eigenvalue weighted by atomic mass is 9.96. The van der Waals surface area contributed by atoms with E-state index in [-0.39, 0.29) is 0 Å². The molecule has 1 aliphatic heterocycles. The van der Waals surface area contributed by atoms with Gasteiger partial charge in [0.25, 0.3) is 0 Å². The number of hydrogen-bond acceptors (Lipinski definition) is 4. The first-order chi connectivity index (χ1) is 7.82. The molecule has 1 fully saturated rings. The van der Waals surface area contributed by atoms with Gasteiger partial charge in [-0.25, -0.2) is 0 Å². The Bertz CT molecular complexity index is 373. The van der Waals surface area contributed by atoms with Crippen molar-refractivity contribution in [2.75, 3.05) is 26.7 Å². The molecule has 0 amide bonds. The first kappa shape index (κ1) is 11.3. The van der Waals surface area contributed by atoms with Crippen molar-refractivity contribution < 1.29 is 9.53 Å². The number of benzene rings is 1. The lowest BCUT2D eigenvalue weighted by Gasteiger charge is -2.38. The maximum Gasteiger partial charge on any atom is 0.158 e. The normalized spacial score (nSPS) is 25.3. The van der Waals surface area contributed by atoms with Gasteiger partial charge in [-0.1, -0.05) is 24.3 Å². The average Bonchev–Trinajstić information content (AvgIpc) is 2.39. The minimum atomic E-state index is -0.588. The number of rotatable bonds is 3. The molecule has 1 aromatic carbocycles. The highest BCUT2D eigenvalue weighted by Crippen LogP contribution is 2.25.